The van der Waals surface area contributed by atoms with Crippen LogP contribution in [0.2, 0.25) is 0 Å². The molecule has 1 aliphatic heterocycles. The average Bonchev–Trinajstić information content (AvgIpc) is 3.30. The summed E-state index contributed by atoms with van der Waals surface area (Å²) < 4.78 is 15.2. The van der Waals surface area contributed by atoms with Crippen LogP contribution < -0.4 is 16.0 Å². The molecule has 4 N–H and O–H groups in total. The number of hydrogen-bond acceptors (Lipinski definition) is 4. The van der Waals surface area contributed by atoms with E-state index in [0.717, 1.165) is 54.5 Å². The highest BCUT2D eigenvalue weighted by atomic mass is 19.1. The highest BCUT2D eigenvalue weighted by Crippen LogP contribution is 2.29. The van der Waals surface area contributed by atoms with Gasteiger partial charge < -0.3 is 25.6 Å². The standard InChI is InChI=1S/C31H34FN5O3/c1-2-37-20-28(35-31(40)33-18-21-5-9-24(32)10-6-21)27-17-25(11-12-29(27)37)34-30(39)23-7-3-22(4-8-23)19-36-15-13-26(38)14-16-36/h3-12,17,20,26,38H,2,13-16,18-19H2,1H3,(H,34,39)(H2,33,35,40). The number of hydrogen-bond donors (Lipinski definition) is 4. The number of aliphatic hydroxyl groups excluding tert-OH is 1. The summed E-state index contributed by atoms with van der Waals surface area (Å²) in [5.74, 6) is -0.538. The van der Waals surface area contributed by atoms with Crippen LogP contribution >= 0.6 is 0 Å². The molecule has 0 radical (unpaired) electrons. The number of carbonyl (C=O) groups is 2. The molecule has 4 aromatic rings. The summed E-state index contributed by atoms with van der Waals surface area (Å²) in [4.78, 5) is 27.9. The van der Waals surface area contributed by atoms with Crippen LogP contribution in [0.3, 0.4) is 0 Å². The summed E-state index contributed by atoms with van der Waals surface area (Å²) in [7, 11) is 0. The van der Waals surface area contributed by atoms with Gasteiger partial charge in [-0.1, -0.05) is 24.3 Å². The fourth-order valence-corrected chi connectivity index (χ4v) is 4.99. The van der Waals surface area contributed by atoms with Crippen molar-refractivity contribution >= 4 is 34.2 Å². The third kappa shape index (κ3) is 6.67. The maximum atomic E-state index is 13.1. The number of halogens is 1. The smallest absolute Gasteiger partial charge is 0.319 e. The maximum Gasteiger partial charge on any atom is 0.319 e. The van der Waals surface area contributed by atoms with E-state index in [1.165, 1.54) is 12.1 Å². The number of aryl methyl sites for hydroxylation is 1. The minimum atomic E-state index is -0.380. The minimum Gasteiger partial charge on any atom is -0.393 e. The van der Waals surface area contributed by atoms with Gasteiger partial charge in [-0.25, -0.2) is 9.18 Å². The zero-order chi connectivity index (χ0) is 28.1. The molecule has 5 rings (SSSR count). The van der Waals surface area contributed by atoms with Crippen molar-refractivity contribution < 1.29 is 19.1 Å². The first-order valence-corrected chi connectivity index (χ1v) is 13.6. The molecule has 9 heteroatoms. The Hall–Kier alpha value is -4.21. The first kappa shape index (κ1) is 27.4. The fourth-order valence-electron chi connectivity index (χ4n) is 4.99. The lowest BCUT2D eigenvalue weighted by molar-refractivity contribution is 0.0792. The maximum absolute atomic E-state index is 13.1. The number of anilines is 2. The number of aromatic nitrogens is 1. The van der Waals surface area contributed by atoms with Crippen molar-refractivity contribution in [3.63, 3.8) is 0 Å². The molecule has 0 atom stereocenters. The molecule has 0 spiro atoms. The molecular formula is C31H34FN5O3. The Balaban J connectivity index is 1.24. The van der Waals surface area contributed by atoms with Gasteiger partial charge in [0.1, 0.15) is 5.82 Å². The number of nitrogens with zero attached hydrogens (tertiary/aromatic N) is 2. The van der Waals surface area contributed by atoms with Gasteiger partial charge in [0, 0.05) is 55.6 Å². The van der Waals surface area contributed by atoms with Crippen molar-refractivity contribution in [3.8, 4) is 0 Å². The zero-order valence-electron chi connectivity index (χ0n) is 22.5. The highest BCUT2D eigenvalue weighted by molar-refractivity contribution is 6.07. The van der Waals surface area contributed by atoms with Crippen molar-refractivity contribution in [2.75, 3.05) is 23.7 Å². The fraction of sp³-hybridized carbons (Fsp3) is 0.290. The number of aliphatic hydroxyl groups is 1. The molecule has 0 aliphatic carbocycles. The molecule has 8 nitrogen and oxygen atoms in total. The Morgan fingerprint density at radius 2 is 1.65 bits per heavy atom. The summed E-state index contributed by atoms with van der Waals surface area (Å²) >= 11 is 0. The first-order valence-electron chi connectivity index (χ1n) is 13.6. The second kappa shape index (κ2) is 12.3. The van der Waals surface area contributed by atoms with E-state index in [1.807, 2.05) is 60.2 Å². The third-order valence-corrected chi connectivity index (χ3v) is 7.27. The SMILES string of the molecule is CCn1cc(NC(=O)NCc2ccc(F)cc2)c2cc(NC(=O)c3ccc(CN4CCC(O)CC4)cc3)ccc21. The molecule has 1 aliphatic rings. The topological polar surface area (TPSA) is 98.6 Å². The van der Waals surface area contributed by atoms with Crippen LogP contribution in [0.15, 0.2) is 72.9 Å². The number of piperidine rings is 1. The summed E-state index contributed by atoms with van der Waals surface area (Å²) in [6.45, 7) is 5.54. The van der Waals surface area contributed by atoms with Gasteiger partial charge in [-0.2, -0.15) is 0 Å². The van der Waals surface area contributed by atoms with E-state index in [0.29, 0.717) is 23.5 Å². The van der Waals surface area contributed by atoms with Crippen molar-refractivity contribution in [2.24, 2.45) is 0 Å². The normalized spacial score (nSPS) is 14.3. The van der Waals surface area contributed by atoms with Crippen molar-refractivity contribution in [1.29, 1.82) is 0 Å². The lowest BCUT2D eigenvalue weighted by atomic mass is 10.1. The summed E-state index contributed by atoms with van der Waals surface area (Å²) in [6.07, 6.45) is 3.27. The number of amides is 3. The van der Waals surface area contributed by atoms with E-state index in [-0.39, 0.29) is 30.4 Å². The van der Waals surface area contributed by atoms with Gasteiger partial charge in [-0.15, -0.1) is 0 Å². The van der Waals surface area contributed by atoms with Crippen molar-refractivity contribution in [1.82, 2.24) is 14.8 Å². The van der Waals surface area contributed by atoms with Gasteiger partial charge in [0.25, 0.3) is 5.91 Å². The minimum absolute atomic E-state index is 0.195. The van der Waals surface area contributed by atoms with Crippen LogP contribution in [0.4, 0.5) is 20.6 Å². The Kier molecular flexibility index (Phi) is 8.42. The Labute approximate surface area is 232 Å². The summed E-state index contributed by atoms with van der Waals surface area (Å²) in [6, 6.07) is 18.8. The molecule has 1 fully saturated rings. The van der Waals surface area contributed by atoms with Crippen LogP contribution in [-0.2, 0) is 19.6 Å². The monoisotopic (exact) mass is 543 g/mol. The number of nitrogens with one attached hydrogen (secondary N) is 3. The first-order chi connectivity index (χ1) is 19.4. The molecule has 1 aromatic heterocycles. The van der Waals surface area contributed by atoms with Crippen molar-refractivity contribution in [3.05, 3.63) is 95.4 Å². The predicted molar refractivity (Wildman–Crippen MR) is 155 cm³/mol. The number of fused-ring (bicyclic) bond motifs is 1. The molecule has 2 heterocycles. The number of rotatable bonds is 8. The summed E-state index contributed by atoms with van der Waals surface area (Å²) in [5.41, 5.74) is 4.66. The van der Waals surface area contributed by atoms with E-state index in [9.17, 15) is 19.1 Å². The van der Waals surface area contributed by atoms with E-state index in [1.54, 1.807) is 12.1 Å². The third-order valence-electron chi connectivity index (χ3n) is 7.27. The van der Waals surface area contributed by atoms with Gasteiger partial charge in [-0.3, -0.25) is 9.69 Å². The van der Waals surface area contributed by atoms with Gasteiger partial charge in [0.05, 0.1) is 17.3 Å². The van der Waals surface area contributed by atoms with Crippen LogP contribution in [-0.4, -0.2) is 45.7 Å². The number of likely N-dealkylation sites (tertiary alicyclic amines) is 1. The second-order valence-electron chi connectivity index (χ2n) is 10.2. The molecule has 0 bridgehead atoms. The van der Waals surface area contributed by atoms with E-state index >= 15 is 0 Å². The van der Waals surface area contributed by atoms with Crippen LogP contribution in [0.5, 0.6) is 0 Å². The van der Waals surface area contributed by atoms with Gasteiger partial charge in [-0.05, 0) is 73.4 Å². The van der Waals surface area contributed by atoms with Gasteiger partial charge >= 0.3 is 6.03 Å². The van der Waals surface area contributed by atoms with E-state index < -0.39 is 0 Å². The Morgan fingerprint density at radius 1 is 0.950 bits per heavy atom. The zero-order valence-corrected chi connectivity index (χ0v) is 22.5. The lowest BCUT2D eigenvalue weighted by Gasteiger charge is -2.29. The average molecular weight is 544 g/mol. The van der Waals surface area contributed by atoms with E-state index in [2.05, 4.69) is 20.9 Å². The second-order valence-corrected chi connectivity index (χ2v) is 10.2. The number of urea groups is 1. The molecule has 3 aromatic carbocycles. The molecular weight excluding hydrogens is 509 g/mol. The molecule has 0 unspecified atom stereocenters. The highest BCUT2D eigenvalue weighted by Gasteiger charge is 2.17. The molecule has 1 saturated heterocycles. The molecule has 40 heavy (non-hydrogen) atoms. The largest absolute Gasteiger partial charge is 0.393 e. The van der Waals surface area contributed by atoms with Crippen LogP contribution in [0, 0.1) is 5.82 Å². The summed E-state index contributed by atoms with van der Waals surface area (Å²) in [5, 5.41) is 19.2. The lowest BCUT2D eigenvalue weighted by Crippen LogP contribution is -2.35. The van der Waals surface area contributed by atoms with Crippen LogP contribution in [0.1, 0.15) is 41.3 Å². The van der Waals surface area contributed by atoms with E-state index in [4.69, 9.17) is 0 Å². The molecule has 0 saturated carbocycles. The van der Waals surface area contributed by atoms with Crippen molar-refractivity contribution in [2.45, 2.75) is 45.5 Å². The molecule has 208 valence electrons. The van der Waals surface area contributed by atoms with Gasteiger partial charge in [0.2, 0.25) is 0 Å². The Bertz CT molecular complexity index is 1480. The molecule has 3 amide bonds. The predicted octanol–water partition coefficient (Wildman–Crippen LogP) is 5.33. The quantitative estimate of drug-likeness (QED) is 0.241. The Morgan fingerprint density at radius 3 is 2.35 bits per heavy atom. The van der Waals surface area contributed by atoms with Crippen LogP contribution in [0.25, 0.3) is 10.9 Å². The number of benzene rings is 3. The van der Waals surface area contributed by atoms with Gasteiger partial charge in [0.15, 0.2) is 0 Å². The number of carbonyl (C=O) groups excluding carboxylic acids is 2.